The van der Waals surface area contributed by atoms with Crippen LogP contribution < -0.4 is 4.72 Å². The van der Waals surface area contributed by atoms with Crippen LogP contribution >= 0.6 is 0 Å². The fraction of sp³-hybridized carbons (Fsp3) is 0.889. The predicted octanol–water partition coefficient (Wildman–Crippen LogP) is -0.176. The maximum atomic E-state index is 11.9. The molecule has 2 N–H and O–H groups in total. The van der Waals surface area contributed by atoms with Crippen LogP contribution in [0.25, 0.3) is 0 Å². The third-order valence-electron chi connectivity index (χ3n) is 2.76. The number of nitrogens with zero attached hydrogens (tertiary/aromatic N) is 1. The zero-order valence-electron chi connectivity index (χ0n) is 9.76. The van der Waals surface area contributed by atoms with Gasteiger partial charge in [0.2, 0.25) is 0 Å². The predicted molar refractivity (Wildman–Crippen MR) is 60.5 cm³/mol. The monoisotopic (exact) mass is 266 g/mol. The third kappa shape index (κ3) is 3.83. The quantitative estimate of drug-likeness (QED) is 0.720. The average molecular weight is 266 g/mol. The summed E-state index contributed by atoms with van der Waals surface area (Å²) in [5, 5.41) is 8.90. The Morgan fingerprint density at radius 2 is 2.06 bits per heavy atom. The zero-order chi connectivity index (χ0) is 12.9. The standard InChI is InChI=1S/C9H18N2O5S/c1-16-9(13)10-17(14,15)11(6-7-12)8-4-2-3-5-8/h8,12H,2-7H2,1H3,(H,10,13). The van der Waals surface area contributed by atoms with E-state index in [1.54, 1.807) is 4.72 Å². The smallest absolute Gasteiger partial charge is 0.421 e. The van der Waals surface area contributed by atoms with E-state index in [1.807, 2.05) is 0 Å². The number of carbonyl (C=O) groups excluding carboxylic acids is 1. The average Bonchev–Trinajstić information content (AvgIpc) is 2.77. The van der Waals surface area contributed by atoms with Crippen molar-refractivity contribution >= 4 is 16.3 Å². The third-order valence-corrected chi connectivity index (χ3v) is 4.28. The summed E-state index contributed by atoms with van der Waals surface area (Å²) in [6, 6.07) is -0.149. The van der Waals surface area contributed by atoms with Crippen molar-refractivity contribution in [3.05, 3.63) is 0 Å². The number of aliphatic hydroxyl groups excluding tert-OH is 1. The maximum absolute atomic E-state index is 11.9. The van der Waals surface area contributed by atoms with E-state index in [-0.39, 0.29) is 19.2 Å². The summed E-state index contributed by atoms with van der Waals surface area (Å²) in [5.41, 5.74) is 0. The molecule has 1 aliphatic rings. The van der Waals surface area contributed by atoms with Crippen LogP contribution in [-0.2, 0) is 14.9 Å². The first-order valence-electron chi connectivity index (χ1n) is 5.49. The van der Waals surface area contributed by atoms with E-state index in [9.17, 15) is 13.2 Å². The first-order valence-corrected chi connectivity index (χ1v) is 6.93. The van der Waals surface area contributed by atoms with E-state index in [0.717, 1.165) is 37.1 Å². The summed E-state index contributed by atoms with van der Waals surface area (Å²) < 4.78 is 30.9. The number of carbonyl (C=O) groups is 1. The van der Waals surface area contributed by atoms with Gasteiger partial charge in [-0.25, -0.2) is 9.52 Å². The molecule has 0 aromatic heterocycles. The Hall–Kier alpha value is -0.860. The summed E-state index contributed by atoms with van der Waals surface area (Å²) in [4.78, 5) is 10.9. The van der Waals surface area contributed by atoms with Crippen molar-refractivity contribution in [3.8, 4) is 0 Å². The minimum Gasteiger partial charge on any atom is -0.452 e. The molecule has 17 heavy (non-hydrogen) atoms. The van der Waals surface area contributed by atoms with Crippen molar-refractivity contribution in [1.29, 1.82) is 0 Å². The Morgan fingerprint density at radius 3 is 2.53 bits per heavy atom. The minimum absolute atomic E-state index is 0.0169. The highest BCUT2D eigenvalue weighted by molar-refractivity contribution is 7.87. The maximum Gasteiger partial charge on any atom is 0.421 e. The molecule has 0 aromatic rings. The van der Waals surface area contributed by atoms with Crippen molar-refractivity contribution in [2.24, 2.45) is 0 Å². The van der Waals surface area contributed by atoms with Crippen LogP contribution in [0.4, 0.5) is 4.79 Å². The molecular formula is C9H18N2O5S. The molecule has 1 saturated carbocycles. The molecule has 0 unspecified atom stereocenters. The number of amides is 1. The van der Waals surface area contributed by atoms with Gasteiger partial charge in [0.25, 0.3) is 0 Å². The van der Waals surface area contributed by atoms with Gasteiger partial charge < -0.3 is 9.84 Å². The molecule has 0 spiro atoms. The molecule has 0 aliphatic heterocycles. The Kier molecular flexibility index (Phi) is 5.16. The van der Waals surface area contributed by atoms with Gasteiger partial charge in [0.15, 0.2) is 0 Å². The molecule has 0 saturated heterocycles. The lowest BCUT2D eigenvalue weighted by atomic mass is 10.2. The van der Waals surface area contributed by atoms with E-state index < -0.39 is 16.3 Å². The van der Waals surface area contributed by atoms with Crippen LogP contribution in [0.3, 0.4) is 0 Å². The molecule has 7 nitrogen and oxygen atoms in total. The van der Waals surface area contributed by atoms with Gasteiger partial charge in [0.1, 0.15) is 0 Å². The SMILES string of the molecule is COC(=O)NS(=O)(=O)N(CCO)C1CCCC1. The topological polar surface area (TPSA) is 95.9 Å². The molecule has 0 bridgehead atoms. The molecule has 1 rings (SSSR count). The van der Waals surface area contributed by atoms with Gasteiger partial charge in [-0.3, -0.25) is 0 Å². The van der Waals surface area contributed by atoms with Crippen molar-refractivity contribution in [3.63, 3.8) is 0 Å². The lowest BCUT2D eigenvalue weighted by molar-refractivity contribution is 0.175. The molecule has 0 heterocycles. The van der Waals surface area contributed by atoms with Crippen molar-refractivity contribution in [2.45, 2.75) is 31.7 Å². The van der Waals surface area contributed by atoms with E-state index in [2.05, 4.69) is 4.74 Å². The molecule has 1 aliphatic carbocycles. The highest BCUT2D eigenvalue weighted by Crippen LogP contribution is 2.24. The fourth-order valence-electron chi connectivity index (χ4n) is 2.00. The second kappa shape index (κ2) is 6.18. The largest absolute Gasteiger partial charge is 0.452 e. The van der Waals surface area contributed by atoms with Crippen molar-refractivity contribution in [2.75, 3.05) is 20.3 Å². The summed E-state index contributed by atoms with van der Waals surface area (Å²) in [6.45, 7) is -0.296. The highest BCUT2D eigenvalue weighted by atomic mass is 32.2. The lowest BCUT2D eigenvalue weighted by Gasteiger charge is -2.26. The number of methoxy groups -OCH3 is 1. The van der Waals surface area contributed by atoms with Crippen molar-refractivity contribution in [1.82, 2.24) is 9.03 Å². The van der Waals surface area contributed by atoms with Gasteiger partial charge in [-0.15, -0.1) is 0 Å². The van der Waals surface area contributed by atoms with Gasteiger partial charge in [-0.2, -0.15) is 12.7 Å². The number of aliphatic hydroxyl groups is 1. The zero-order valence-corrected chi connectivity index (χ0v) is 10.6. The van der Waals surface area contributed by atoms with Crippen molar-refractivity contribution < 1.29 is 23.1 Å². The second-order valence-electron chi connectivity index (χ2n) is 3.87. The Morgan fingerprint density at radius 1 is 1.47 bits per heavy atom. The Labute approximate surface area is 101 Å². The molecule has 0 atom stereocenters. The normalized spacial score (nSPS) is 17.4. The summed E-state index contributed by atoms with van der Waals surface area (Å²) in [6.07, 6.45) is 2.40. The van der Waals surface area contributed by atoms with Crippen LogP contribution in [0.5, 0.6) is 0 Å². The first kappa shape index (κ1) is 14.2. The van der Waals surface area contributed by atoms with E-state index in [4.69, 9.17) is 5.11 Å². The van der Waals surface area contributed by atoms with E-state index in [0.29, 0.717) is 0 Å². The number of hydrogen-bond acceptors (Lipinski definition) is 5. The summed E-state index contributed by atoms with van der Waals surface area (Å²) >= 11 is 0. The first-order chi connectivity index (χ1) is 8.01. The number of rotatable bonds is 5. The number of ether oxygens (including phenoxy) is 1. The molecule has 0 aromatic carbocycles. The number of hydrogen-bond donors (Lipinski definition) is 2. The van der Waals surface area contributed by atoms with Gasteiger partial charge in [0.05, 0.1) is 13.7 Å². The number of nitrogens with one attached hydrogen (secondary N) is 1. The van der Waals surface area contributed by atoms with E-state index in [1.165, 1.54) is 0 Å². The van der Waals surface area contributed by atoms with Gasteiger partial charge in [-0.1, -0.05) is 12.8 Å². The summed E-state index contributed by atoms with van der Waals surface area (Å²) in [5.74, 6) is 0. The van der Waals surface area contributed by atoms with E-state index >= 15 is 0 Å². The Balaban J connectivity index is 2.77. The fourth-order valence-corrected chi connectivity index (χ4v) is 3.33. The van der Waals surface area contributed by atoms with Gasteiger partial charge in [0, 0.05) is 12.6 Å². The molecular weight excluding hydrogens is 248 g/mol. The van der Waals surface area contributed by atoms with Crippen LogP contribution in [0.1, 0.15) is 25.7 Å². The van der Waals surface area contributed by atoms with Gasteiger partial charge in [-0.05, 0) is 12.8 Å². The minimum atomic E-state index is -3.93. The van der Waals surface area contributed by atoms with Crippen LogP contribution in [-0.4, -0.2) is 50.2 Å². The lowest BCUT2D eigenvalue weighted by Crippen LogP contribution is -2.48. The van der Waals surface area contributed by atoms with Crippen LogP contribution in [0, 0.1) is 0 Å². The molecule has 100 valence electrons. The molecule has 0 radical (unpaired) electrons. The molecule has 1 amide bonds. The molecule has 1 fully saturated rings. The Bertz CT molecular complexity index is 350. The second-order valence-corrected chi connectivity index (χ2v) is 5.49. The van der Waals surface area contributed by atoms with Crippen LogP contribution in [0.2, 0.25) is 0 Å². The van der Waals surface area contributed by atoms with Gasteiger partial charge >= 0.3 is 16.3 Å². The van der Waals surface area contributed by atoms with Crippen LogP contribution in [0.15, 0.2) is 0 Å². The highest BCUT2D eigenvalue weighted by Gasteiger charge is 2.32. The molecule has 8 heteroatoms. The summed E-state index contributed by atoms with van der Waals surface area (Å²) in [7, 11) is -2.84.